The lowest BCUT2D eigenvalue weighted by Crippen LogP contribution is -2.51. The van der Waals surface area contributed by atoms with Crippen LogP contribution >= 0.6 is 0 Å². The predicted molar refractivity (Wildman–Crippen MR) is 292 cm³/mol. The largest absolute Gasteiger partial charge is 0.458 e. The molecule has 0 radical (unpaired) electrons. The Labute approximate surface area is 474 Å². The number of nitriles is 2. The highest BCUT2D eigenvalue weighted by Crippen LogP contribution is 2.43. The molecule has 5 aromatic carbocycles. The fourth-order valence-corrected chi connectivity index (χ4v) is 11.6. The number of rotatable bonds is 21. The molecular formula is C62H56F6N9O6+. The quantitative estimate of drug-likeness (QED) is 0.0315. The van der Waals surface area contributed by atoms with Crippen LogP contribution in [-0.2, 0) is 27.0 Å². The molecule has 1 saturated carbocycles. The number of benzene rings is 5. The fourth-order valence-electron chi connectivity index (χ4n) is 11.6. The maximum absolute atomic E-state index is 14.9. The van der Waals surface area contributed by atoms with Crippen LogP contribution in [0, 0.1) is 28.6 Å². The third-order valence-electron chi connectivity index (χ3n) is 15.7. The number of ether oxygens (including phenoxy) is 1. The van der Waals surface area contributed by atoms with E-state index >= 15 is 0 Å². The van der Waals surface area contributed by atoms with E-state index in [0.717, 1.165) is 41.5 Å². The Morgan fingerprint density at radius 2 is 1.22 bits per heavy atom. The Hall–Kier alpha value is -9.21. The summed E-state index contributed by atoms with van der Waals surface area (Å²) in [6.07, 6.45) is -6.45. The summed E-state index contributed by atoms with van der Waals surface area (Å²) in [6, 6.07) is 30.1. The topological polar surface area (TPSA) is 179 Å². The second kappa shape index (κ2) is 23.7. The first-order valence-electron chi connectivity index (χ1n) is 27.1. The molecule has 2 N–H and O–H groups in total. The van der Waals surface area contributed by atoms with Gasteiger partial charge in [-0.2, -0.15) is 23.7 Å². The number of carbonyl (C=O) groups excluding carboxylic acids is 5. The minimum atomic E-state index is -4.72. The van der Waals surface area contributed by atoms with Crippen LogP contribution in [0.1, 0.15) is 93.2 Å². The number of nitrogens with zero attached hydrogens (tertiary/aromatic N) is 7. The number of amides is 6. The van der Waals surface area contributed by atoms with Crippen molar-refractivity contribution in [1.29, 1.82) is 10.5 Å². The van der Waals surface area contributed by atoms with Gasteiger partial charge in [0.15, 0.2) is 6.17 Å². The standard InChI is InChI=1S/C62H55F6N9O6/c1-2-29-83-59(80)44-23-17-41(18-24-44)37-77(36-40-11-12-40,28-6-26-74-35-50-52(58(74)79)55(43-21-15-39(33-70)16-22-43)72-61(82)76(50)48-10-4-8-46(31-48)62(66,67)68)27-5-25-73-34-49-51(57(73)78)54(42-19-13-38(32-69)14-20-42)71-60(81)75(49)47-9-3-7-45(30-47)53(63)56(64)65/h2-4,7-10,13-24,30-31,40,53-56H,1,5-6,11-12,25-29,34-37H2,(H-,71,72,81,82)/p+1/t53?,54-,55-,77?/m1/s1. The summed E-state index contributed by atoms with van der Waals surface area (Å²) >= 11 is 0. The Morgan fingerprint density at radius 3 is 1.69 bits per heavy atom. The first-order valence-corrected chi connectivity index (χ1v) is 27.1. The summed E-state index contributed by atoms with van der Waals surface area (Å²) in [5, 5.41) is 24.8. The van der Waals surface area contributed by atoms with Crippen molar-refractivity contribution in [3.05, 3.63) is 201 Å². The smallest absolute Gasteiger partial charge is 0.416 e. The van der Waals surface area contributed by atoms with Gasteiger partial charge in [0.2, 0.25) is 0 Å². The maximum atomic E-state index is 14.9. The zero-order chi connectivity index (χ0) is 58.7. The van der Waals surface area contributed by atoms with E-state index in [1.165, 1.54) is 41.3 Å². The second-order valence-electron chi connectivity index (χ2n) is 21.3. The number of carbonyl (C=O) groups is 5. The van der Waals surface area contributed by atoms with Gasteiger partial charge in [-0.3, -0.25) is 19.4 Å². The van der Waals surface area contributed by atoms with Crippen LogP contribution in [-0.4, -0.2) is 103 Å². The lowest BCUT2D eigenvalue weighted by Gasteiger charge is -2.40. The molecular weight excluding hydrogens is 1080 g/mol. The predicted octanol–water partition coefficient (Wildman–Crippen LogP) is 10.7. The maximum Gasteiger partial charge on any atom is 0.416 e. The number of nitrogens with one attached hydrogen (secondary N) is 2. The normalized spacial score (nSPS) is 19.0. The Morgan fingerprint density at radius 1 is 0.711 bits per heavy atom. The fraction of sp³-hybridized carbons (Fsp3) is 0.306. The van der Waals surface area contributed by atoms with Crippen LogP contribution in [0.15, 0.2) is 157 Å². The molecule has 1 aliphatic carbocycles. The summed E-state index contributed by atoms with van der Waals surface area (Å²) in [7, 11) is 0. The molecule has 6 amide bonds. The molecule has 1 fully saturated rings. The summed E-state index contributed by atoms with van der Waals surface area (Å²) in [4.78, 5) is 76.3. The van der Waals surface area contributed by atoms with Crippen molar-refractivity contribution in [1.82, 2.24) is 20.4 Å². The Kier molecular flexibility index (Phi) is 16.3. The van der Waals surface area contributed by atoms with E-state index in [9.17, 15) is 60.8 Å². The summed E-state index contributed by atoms with van der Waals surface area (Å²) in [5.41, 5.74) is 2.46. The van der Waals surface area contributed by atoms with E-state index in [-0.39, 0.29) is 72.3 Å². The molecule has 4 atom stereocenters. The van der Waals surface area contributed by atoms with Crippen molar-refractivity contribution in [3.63, 3.8) is 0 Å². The highest BCUT2D eigenvalue weighted by molar-refractivity contribution is 6.08. The number of urea groups is 2. The van der Waals surface area contributed by atoms with E-state index in [4.69, 9.17) is 4.74 Å². The lowest BCUT2D eigenvalue weighted by atomic mass is 9.94. The lowest BCUT2D eigenvalue weighted by molar-refractivity contribution is -0.942. The molecule has 5 aromatic rings. The van der Waals surface area contributed by atoms with Gasteiger partial charge in [-0.15, -0.1) is 0 Å². The van der Waals surface area contributed by atoms with E-state index < -0.39 is 66.3 Å². The van der Waals surface area contributed by atoms with E-state index in [1.54, 1.807) is 70.5 Å². The molecule has 0 aromatic heterocycles. The van der Waals surface area contributed by atoms with Crippen LogP contribution in [0.25, 0.3) is 0 Å². The van der Waals surface area contributed by atoms with Crippen molar-refractivity contribution in [2.45, 2.75) is 63.1 Å². The molecule has 4 heterocycles. The van der Waals surface area contributed by atoms with Crippen LogP contribution in [0.4, 0.5) is 47.3 Å². The third kappa shape index (κ3) is 12.1. The van der Waals surface area contributed by atoms with E-state index in [1.807, 2.05) is 12.1 Å². The third-order valence-corrected chi connectivity index (χ3v) is 15.7. The molecule has 426 valence electrons. The number of hydrogen-bond donors (Lipinski definition) is 2. The van der Waals surface area contributed by atoms with E-state index in [2.05, 4.69) is 29.4 Å². The number of anilines is 2. The first-order chi connectivity index (χ1) is 39.9. The number of alkyl halides is 6. The minimum absolute atomic E-state index is 0.0270. The van der Waals surface area contributed by atoms with Gasteiger partial charge in [-0.1, -0.05) is 67.3 Å². The Bertz CT molecular complexity index is 3520. The molecule has 0 spiro atoms. The molecule has 15 nitrogen and oxygen atoms in total. The van der Waals surface area contributed by atoms with Gasteiger partial charge in [0.1, 0.15) is 13.2 Å². The average Bonchev–Trinajstić information content (AvgIpc) is 2.18. The Balaban J connectivity index is 0.935. The summed E-state index contributed by atoms with van der Waals surface area (Å²) < 4.78 is 90.0. The SMILES string of the molecule is C=CCOC(=O)c1ccc(C[N+](CCCN2CC3=C(C2=O)[C@@H](c2ccc(C#N)cc2)NC(=O)N3c2cccc(C(F)C(F)F)c2)(CCCN2CC3=C(C2=O)[C@@H](c2ccc(C#N)cc2)NC(=O)N3c2cccc(C(F)(F)F)c2)CC2CC2)cc1. The monoisotopic (exact) mass is 1140 g/mol. The van der Waals surface area contributed by atoms with Gasteiger partial charge in [-0.25, -0.2) is 27.6 Å². The minimum Gasteiger partial charge on any atom is -0.458 e. The molecule has 0 bridgehead atoms. The van der Waals surface area contributed by atoms with Crippen LogP contribution in [0.3, 0.4) is 0 Å². The highest BCUT2D eigenvalue weighted by atomic mass is 19.4. The molecule has 5 aliphatic rings. The molecule has 10 rings (SSSR count). The van der Waals surface area contributed by atoms with Crippen molar-refractivity contribution >= 4 is 41.2 Å². The van der Waals surface area contributed by atoms with Crippen molar-refractivity contribution in [2.75, 3.05) is 62.2 Å². The number of hydrogen-bond acceptors (Lipinski definition) is 8. The van der Waals surface area contributed by atoms with Crippen LogP contribution in [0.5, 0.6) is 0 Å². The summed E-state index contributed by atoms with van der Waals surface area (Å²) in [6.45, 7) is 5.98. The molecule has 83 heavy (non-hydrogen) atoms. The van der Waals surface area contributed by atoms with Gasteiger partial charge in [0.05, 0.1) is 113 Å². The van der Waals surface area contributed by atoms with Crippen molar-refractivity contribution < 1.29 is 59.5 Å². The molecule has 4 aliphatic heterocycles. The summed E-state index contributed by atoms with van der Waals surface area (Å²) in [5.74, 6) is -1.02. The second-order valence-corrected chi connectivity index (χ2v) is 21.3. The first kappa shape index (κ1) is 57.0. The van der Waals surface area contributed by atoms with Crippen molar-refractivity contribution in [3.8, 4) is 12.1 Å². The number of esters is 1. The average molecular weight is 1140 g/mol. The van der Waals surface area contributed by atoms with Gasteiger partial charge in [0, 0.05) is 37.4 Å². The van der Waals surface area contributed by atoms with Crippen LogP contribution in [0.2, 0.25) is 0 Å². The molecule has 0 saturated heterocycles. The van der Waals surface area contributed by atoms with Gasteiger partial charge >= 0.3 is 24.2 Å². The van der Waals surface area contributed by atoms with E-state index in [0.29, 0.717) is 77.2 Å². The van der Waals surface area contributed by atoms with Crippen molar-refractivity contribution in [2.24, 2.45) is 5.92 Å². The number of quaternary nitrogens is 1. The zero-order valence-corrected chi connectivity index (χ0v) is 44.8. The molecule has 21 heteroatoms. The highest BCUT2D eigenvalue weighted by Gasteiger charge is 2.48. The zero-order valence-electron chi connectivity index (χ0n) is 44.8. The van der Waals surface area contributed by atoms with Gasteiger partial charge < -0.3 is 29.7 Å². The van der Waals surface area contributed by atoms with Gasteiger partial charge in [-0.05, 0) is 96.3 Å². The van der Waals surface area contributed by atoms with Gasteiger partial charge in [0.25, 0.3) is 18.2 Å². The number of halogens is 6. The molecule has 2 unspecified atom stereocenters. The van der Waals surface area contributed by atoms with Crippen LogP contribution < -0.4 is 20.4 Å².